The van der Waals surface area contributed by atoms with E-state index >= 15 is 0 Å². The highest BCUT2D eigenvalue weighted by molar-refractivity contribution is 5.94. The molecular formula is C17H26N2O3. The van der Waals surface area contributed by atoms with Gasteiger partial charge < -0.3 is 15.0 Å². The zero-order chi connectivity index (χ0) is 16.9. The molecule has 1 rings (SSSR count). The first-order chi connectivity index (χ1) is 10.2. The fourth-order valence-electron chi connectivity index (χ4n) is 1.79. The van der Waals surface area contributed by atoms with Crippen molar-refractivity contribution >= 4 is 11.8 Å². The Morgan fingerprint density at radius 1 is 1.27 bits per heavy atom. The van der Waals surface area contributed by atoms with Crippen molar-refractivity contribution < 1.29 is 14.3 Å². The molecule has 0 unspecified atom stereocenters. The number of ether oxygens (including phenoxy) is 1. The van der Waals surface area contributed by atoms with Crippen LogP contribution in [0.25, 0.3) is 0 Å². The molecule has 22 heavy (non-hydrogen) atoms. The normalized spacial score (nSPS) is 11.0. The van der Waals surface area contributed by atoms with Gasteiger partial charge in [0.05, 0.1) is 0 Å². The highest BCUT2D eigenvalue weighted by atomic mass is 16.5. The van der Waals surface area contributed by atoms with Gasteiger partial charge in [0.15, 0.2) is 6.61 Å². The van der Waals surface area contributed by atoms with Gasteiger partial charge in [-0.3, -0.25) is 9.59 Å². The van der Waals surface area contributed by atoms with Crippen LogP contribution in [-0.4, -0.2) is 43.0 Å². The lowest BCUT2D eigenvalue weighted by Crippen LogP contribution is -2.44. The Morgan fingerprint density at radius 2 is 1.91 bits per heavy atom. The minimum atomic E-state index is -0.252. The van der Waals surface area contributed by atoms with E-state index < -0.39 is 0 Å². The average molecular weight is 306 g/mol. The zero-order valence-electron chi connectivity index (χ0n) is 14.3. The van der Waals surface area contributed by atoms with Crippen LogP contribution in [0.15, 0.2) is 18.2 Å². The average Bonchev–Trinajstić information content (AvgIpc) is 2.45. The third kappa shape index (κ3) is 5.06. The second-order valence-corrected chi connectivity index (χ2v) is 6.25. The van der Waals surface area contributed by atoms with E-state index in [0.29, 0.717) is 11.3 Å². The summed E-state index contributed by atoms with van der Waals surface area (Å²) in [5.74, 6) is 0.286. The Kier molecular flexibility index (Phi) is 5.97. The van der Waals surface area contributed by atoms with Crippen LogP contribution in [0.4, 0.5) is 0 Å². The van der Waals surface area contributed by atoms with Crippen molar-refractivity contribution in [2.75, 3.05) is 20.7 Å². The van der Waals surface area contributed by atoms with Gasteiger partial charge >= 0.3 is 0 Å². The molecule has 0 heterocycles. The van der Waals surface area contributed by atoms with Crippen LogP contribution < -0.4 is 10.1 Å². The third-order valence-electron chi connectivity index (χ3n) is 3.56. The van der Waals surface area contributed by atoms with Gasteiger partial charge in [-0.05, 0) is 44.9 Å². The minimum absolute atomic E-state index is 0.0656. The van der Waals surface area contributed by atoms with Crippen molar-refractivity contribution in [1.29, 1.82) is 0 Å². The maximum atomic E-state index is 12.0. The van der Waals surface area contributed by atoms with Crippen LogP contribution in [0.1, 0.15) is 43.1 Å². The molecule has 0 spiro atoms. The third-order valence-corrected chi connectivity index (χ3v) is 3.56. The molecule has 1 aromatic carbocycles. The van der Waals surface area contributed by atoms with Crippen molar-refractivity contribution in [1.82, 2.24) is 10.2 Å². The first kappa shape index (κ1) is 18.0. The largest absolute Gasteiger partial charge is 0.483 e. The zero-order valence-corrected chi connectivity index (χ0v) is 14.3. The number of aryl methyl sites for hydroxylation is 1. The fraction of sp³-hybridized carbons (Fsp3) is 0.529. The summed E-state index contributed by atoms with van der Waals surface area (Å²) in [4.78, 5) is 25.4. The number of nitrogens with one attached hydrogen (secondary N) is 1. The molecule has 0 saturated heterocycles. The molecule has 0 radical (unpaired) electrons. The summed E-state index contributed by atoms with van der Waals surface area (Å²) in [6.45, 7) is 7.76. The summed E-state index contributed by atoms with van der Waals surface area (Å²) >= 11 is 0. The number of nitrogens with zero attached hydrogens (tertiary/aromatic N) is 1. The van der Waals surface area contributed by atoms with Crippen LogP contribution in [0.2, 0.25) is 0 Å². The Morgan fingerprint density at radius 3 is 2.45 bits per heavy atom. The molecule has 5 nitrogen and oxygen atoms in total. The van der Waals surface area contributed by atoms with E-state index in [4.69, 9.17) is 4.74 Å². The molecule has 1 aromatic rings. The molecule has 0 aromatic heterocycles. The van der Waals surface area contributed by atoms with Crippen molar-refractivity contribution in [3.8, 4) is 5.75 Å². The minimum Gasteiger partial charge on any atom is -0.483 e. The van der Waals surface area contributed by atoms with Crippen LogP contribution in [0.5, 0.6) is 5.75 Å². The summed E-state index contributed by atoms with van der Waals surface area (Å²) in [6.07, 6.45) is 0.838. The molecule has 1 N–H and O–H groups in total. The lowest BCUT2D eigenvalue weighted by molar-refractivity contribution is -0.124. The van der Waals surface area contributed by atoms with Crippen LogP contribution in [0.3, 0.4) is 0 Å². The van der Waals surface area contributed by atoms with Gasteiger partial charge in [-0.1, -0.05) is 13.0 Å². The molecular weight excluding hydrogens is 280 g/mol. The van der Waals surface area contributed by atoms with Crippen molar-refractivity contribution in [3.63, 3.8) is 0 Å². The second kappa shape index (κ2) is 7.29. The highest BCUT2D eigenvalue weighted by Crippen LogP contribution is 2.20. The quantitative estimate of drug-likeness (QED) is 0.878. The van der Waals surface area contributed by atoms with Gasteiger partial charge in [-0.15, -0.1) is 0 Å². The molecule has 0 bridgehead atoms. The van der Waals surface area contributed by atoms with E-state index in [2.05, 4.69) is 5.32 Å². The Bertz CT molecular complexity index is 551. The van der Waals surface area contributed by atoms with E-state index in [1.807, 2.05) is 33.8 Å². The molecule has 0 saturated carbocycles. The molecule has 2 amide bonds. The first-order valence-electron chi connectivity index (χ1n) is 7.42. The van der Waals surface area contributed by atoms with E-state index in [0.717, 1.165) is 12.0 Å². The second-order valence-electron chi connectivity index (χ2n) is 6.25. The summed E-state index contributed by atoms with van der Waals surface area (Å²) in [5, 5.41) is 2.91. The van der Waals surface area contributed by atoms with Crippen LogP contribution in [-0.2, 0) is 4.79 Å². The number of hydrogen-bond acceptors (Lipinski definition) is 3. The Labute approximate surface area is 132 Å². The van der Waals surface area contributed by atoms with Crippen molar-refractivity contribution in [2.45, 2.75) is 39.7 Å². The lowest BCUT2D eigenvalue weighted by Gasteiger charge is -2.24. The van der Waals surface area contributed by atoms with Crippen LogP contribution >= 0.6 is 0 Å². The summed E-state index contributed by atoms with van der Waals surface area (Å²) < 4.78 is 5.58. The lowest BCUT2D eigenvalue weighted by atomic mass is 10.0. The predicted octanol–water partition coefficient (Wildman–Crippen LogP) is 2.38. The number of carbonyl (C=O) groups is 2. The molecule has 0 aliphatic carbocycles. The molecule has 122 valence electrons. The van der Waals surface area contributed by atoms with Crippen molar-refractivity contribution in [3.05, 3.63) is 29.3 Å². The standard InChI is InChI=1S/C17H26N2O3/c1-7-17(3,4)18-15(20)11-22-14-10-13(9-8-12(14)2)16(21)19(5)6/h8-10H,7,11H2,1-6H3,(H,18,20). The summed E-state index contributed by atoms with van der Waals surface area (Å²) in [6, 6.07) is 5.25. The van der Waals surface area contributed by atoms with Gasteiger partial charge in [-0.2, -0.15) is 0 Å². The summed E-state index contributed by atoms with van der Waals surface area (Å²) in [5.41, 5.74) is 1.18. The molecule has 0 fully saturated rings. The number of carbonyl (C=O) groups excluding carboxylic acids is 2. The number of hydrogen-bond donors (Lipinski definition) is 1. The van der Waals surface area contributed by atoms with Gasteiger partial charge in [0.2, 0.25) is 0 Å². The van der Waals surface area contributed by atoms with E-state index in [9.17, 15) is 9.59 Å². The highest BCUT2D eigenvalue weighted by Gasteiger charge is 2.18. The van der Waals surface area contributed by atoms with Gasteiger partial charge in [0.25, 0.3) is 11.8 Å². The van der Waals surface area contributed by atoms with Crippen LogP contribution in [0, 0.1) is 6.92 Å². The van der Waals surface area contributed by atoms with Gasteiger partial charge in [-0.25, -0.2) is 0 Å². The molecule has 0 atom stereocenters. The number of rotatable bonds is 6. The maximum Gasteiger partial charge on any atom is 0.258 e. The smallest absolute Gasteiger partial charge is 0.258 e. The number of amides is 2. The molecule has 0 aliphatic rings. The maximum absolute atomic E-state index is 12.0. The van der Waals surface area contributed by atoms with E-state index in [1.54, 1.807) is 26.2 Å². The predicted molar refractivity (Wildman–Crippen MR) is 87.2 cm³/mol. The monoisotopic (exact) mass is 306 g/mol. The first-order valence-corrected chi connectivity index (χ1v) is 7.42. The molecule has 5 heteroatoms. The SMILES string of the molecule is CCC(C)(C)NC(=O)COc1cc(C(=O)N(C)C)ccc1C. The number of benzene rings is 1. The Balaban J connectivity index is 2.75. The van der Waals surface area contributed by atoms with Gasteiger partial charge in [0, 0.05) is 25.2 Å². The molecule has 0 aliphatic heterocycles. The fourth-order valence-corrected chi connectivity index (χ4v) is 1.79. The van der Waals surface area contributed by atoms with E-state index in [-0.39, 0.29) is 24.0 Å². The van der Waals surface area contributed by atoms with Crippen molar-refractivity contribution in [2.24, 2.45) is 0 Å². The Hall–Kier alpha value is -2.04. The summed E-state index contributed by atoms with van der Waals surface area (Å²) in [7, 11) is 3.39. The topological polar surface area (TPSA) is 58.6 Å². The van der Waals surface area contributed by atoms with Gasteiger partial charge in [0.1, 0.15) is 5.75 Å². The van der Waals surface area contributed by atoms with E-state index in [1.165, 1.54) is 4.90 Å².